The van der Waals surface area contributed by atoms with E-state index in [1.54, 1.807) is 6.92 Å². The van der Waals surface area contributed by atoms with Crippen LogP contribution in [0.1, 0.15) is 21.7 Å². The lowest BCUT2D eigenvalue weighted by molar-refractivity contribution is 0.0601. The van der Waals surface area contributed by atoms with E-state index in [0.29, 0.717) is 22.5 Å². The van der Waals surface area contributed by atoms with Gasteiger partial charge in [-0.2, -0.15) is 0 Å². The number of nitrogens with one attached hydrogen (secondary N) is 1. The number of benzene rings is 1. The van der Waals surface area contributed by atoms with Crippen LogP contribution in [0.25, 0.3) is 11.1 Å². The number of carbonyl (C=O) groups excluding carboxylic acids is 1. The van der Waals surface area contributed by atoms with Gasteiger partial charge in [0, 0.05) is 11.3 Å². The summed E-state index contributed by atoms with van der Waals surface area (Å²) in [6.45, 7) is 1.77. The number of hydrogen-bond acceptors (Lipinski definition) is 4. The van der Waals surface area contributed by atoms with Gasteiger partial charge in [0.2, 0.25) is 0 Å². The summed E-state index contributed by atoms with van der Waals surface area (Å²) in [5, 5.41) is 11.7. The summed E-state index contributed by atoms with van der Waals surface area (Å²) < 4.78 is 4.80. The standard InChI is InChI=1S/C14H14N2O3/c1-9-12(14(17)19-2)13(11(16-9)8-15-18)10-6-4-3-5-7-10/h3-8,16,18H,1-2H3. The van der Waals surface area contributed by atoms with Crippen molar-refractivity contribution in [3.8, 4) is 11.1 Å². The lowest BCUT2D eigenvalue weighted by Gasteiger charge is -2.04. The SMILES string of the molecule is COC(=O)c1c(C)[nH]c(C=NO)c1-c1ccccc1. The van der Waals surface area contributed by atoms with Crippen LogP contribution in [0.2, 0.25) is 0 Å². The van der Waals surface area contributed by atoms with Gasteiger partial charge in [-0.15, -0.1) is 0 Å². The van der Waals surface area contributed by atoms with Crippen molar-refractivity contribution in [2.24, 2.45) is 5.16 Å². The summed E-state index contributed by atoms with van der Waals surface area (Å²) in [4.78, 5) is 14.9. The minimum atomic E-state index is -0.426. The number of carbonyl (C=O) groups is 1. The highest BCUT2D eigenvalue weighted by molar-refractivity contribution is 6.04. The predicted octanol–water partition coefficient (Wildman–Crippen LogP) is 2.58. The fraction of sp³-hybridized carbons (Fsp3) is 0.143. The normalized spacial score (nSPS) is 10.8. The van der Waals surface area contributed by atoms with Gasteiger partial charge in [0.25, 0.3) is 0 Å². The van der Waals surface area contributed by atoms with E-state index in [4.69, 9.17) is 9.94 Å². The van der Waals surface area contributed by atoms with Crippen molar-refractivity contribution in [1.29, 1.82) is 0 Å². The number of ether oxygens (including phenoxy) is 1. The molecule has 0 saturated heterocycles. The van der Waals surface area contributed by atoms with E-state index >= 15 is 0 Å². The van der Waals surface area contributed by atoms with E-state index in [2.05, 4.69) is 10.1 Å². The first-order chi connectivity index (χ1) is 9.19. The Hall–Kier alpha value is -2.56. The molecule has 0 amide bonds. The van der Waals surface area contributed by atoms with Crippen molar-refractivity contribution < 1.29 is 14.7 Å². The lowest BCUT2D eigenvalue weighted by Crippen LogP contribution is -2.03. The molecule has 0 spiro atoms. The minimum absolute atomic E-state index is 0.426. The fourth-order valence-electron chi connectivity index (χ4n) is 2.07. The Labute approximate surface area is 110 Å². The number of rotatable bonds is 3. The van der Waals surface area contributed by atoms with Crippen LogP contribution < -0.4 is 0 Å². The number of H-pyrrole nitrogens is 1. The largest absolute Gasteiger partial charge is 0.465 e. The summed E-state index contributed by atoms with van der Waals surface area (Å²) in [6, 6.07) is 9.39. The summed E-state index contributed by atoms with van der Waals surface area (Å²) in [6.07, 6.45) is 1.27. The Morgan fingerprint density at radius 3 is 2.63 bits per heavy atom. The Morgan fingerprint density at radius 1 is 1.37 bits per heavy atom. The van der Waals surface area contributed by atoms with Crippen LogP contribution in [0.4, 0.5) is 0 Å². The third-order valence-corrected chi connectivity index (χ3v) is 2.86. The van der Waals surface area contributed by atoms with E-state index < -0.39 is 5.97 Å². The van der Waals surface area contributed by atoms with E-state index in [-0.39, 0.29) is 0 Å². The quantitative estimate of drug-likeness (QED) is 0.384. The molecule has 1 heterocycles. The van der Waals surface area contributed by atoms with E-state index in [1.807, 2.05) is 30.3 Å². The van der Waals surface area contributed by atoms with Crippen LogP contribution in [-0.2, 0) is 4.74 Å². The Bertz CT molecular complexity index is 615. The third kappa shape index (κ3) is 2.35. The number of esters is 1. The second-order valence-corrected chi connectivity index (χ2v) is 4.02. The summed E-state index contributed by atoms with van der Waals surface area (Å²) in [5.41, 5.74) is 3.20. The molecule has 2 aromatic rings. The molecule has 1 aromatic heterocycles. The predicted molar refractivity (Wildman–Crippen MR) is 71.7 cm³/mol. The van der Waals surface area contributed by atoms with Crippen molar-refractivity contribution in [1.82, 2.24) is 4.98 Å². The van der Waals surface area contributed by atoms with Crippen LogP contribution in [0, 0.1) is 6.92 Å². The molecular weight excluding hydrogens is 244 g/mol. The van der Waals surface area contributed by atoms with E-state index in [1.165, 1.54) is 13.3 Å². The van der Waals surface area contributed by atoms with Crippen molar-refractivity contribution in [2.75, 3.05) is 7.11 Å². The van der Waals surface area contributed by atoms with Crippen molar-refractivity contribution in [3.05, 3.63) is 47.3 Å². The molecule has 0 bridgehead atoms. The zero-order valence-electron chi connectivity index (χ0n) is 10.7. The number of nitrogens with zero attached hydrogens (tertiary/aromatic N) is 1. The monoisotopic (exact) mass is 258 g/mol. The van der Waals surface area contributed by atoms with Gasteiger partial charge in [0.15, 0.2) is 0 Å². The van der Waals surface area contributed by atoms with Crippen LogP contribution in [-0.4, -0.2) is 29.5 Å². The lowest BCUT2D eigenvalue weighted by atomic mass is 10.0. The summed E-state index contributed by atoms with van der Waals surface area (Å²) in [5.74, 6) is -0.426. The first-order valence-electron chi connectivity index (χ1n) is 5.72. The van der Waals surface area contributed by atoms with Gasteiger partial charge in [0.1, 0.15) is 0 Å². The summed E-state index contributed by atoms with van der Waals surface area (Å²) in [7, 11) is 1.34. The maximum Gasteiger partial charge on any atom is 0.340 e. The zero-order chi connectivity index (χ0) is 13.8. The average Bonchev–Trinajstić information content (AvgIpc) is 2.76. The molecule has 0 aliphatic heterocycles. The van der Waals surface area contributed by atoms with Crippen molar-refractivity contribution in [2.45, 2.75) is 6.92 Å². The molecule has 1 aromatic carbocycles. The molecule has 0 saturated carbocycles. The maximum atomic E-state index is 11.9. The average molecular weight is 258 g/mol. The molecule has 0 radical (unpaired) electrons. The van der Waals surface area contributed by atoms with Gasteiger partial charge in [-0.25, -0.2) is 4.79 Å². The maximum absolute atomic E-state index is 11.9. The van der Waals surface area contributed by atoms with Gasteiger partial charge in [-0.3, -0.25) is 0 Å². The molecule has 5 nitrogen and oxygen atoms in total. The highest BCUT2D eigenvalue weighted by Crippen LogP contribution is 2.29. The minimum Gasteiger partial charge on any atom is -0.465 e. The first-order valence-corrected chi connectivity index (χ1v) is 5.72. The van der Waals surface area contributed by atoms with Crippen molar-refractivity contribution in [3.63, 3.8) is 0 Å². The van der Waals surface area contributed by atoms with Crippen LogP contribution in [0.3, 0.4) is 0 Å². The van der Waals surface area contributed by atoms with E-state index in [9.17, 15) is 4.79 Å². The number of methoxy groups -OCH3 is 1. The summed E-state index contributed by atoms with van der Waals surface area (Å²) >= 11 is 0. The van der Waals surface area contributed by atoms with Gasteiger partial charge in [-0.05, 0) is 12.5 Å². The molecule has 0 fully saturated rings. The number of aryl methyl sites for hydroxylation is 1. The topological polar surface area (TPSA) is 74.7 Å². The first kappa shape index (κ1) is 12.9. The van der Waals surface area contributed by atoms with Crippen LogP contribution >= 0.6 is 0 Å². The molecule has 5 heteroatoms. The number of hydrogen-bond donors (Lipinski definition) is 2. The second-order valence-electron chi connectivity index (χ2n) is 4.02. The molecule has 0 unspecified atom stereocenters. The molecule has 2 N–H and O–H groups in total. The molecule has 98 valence electrons. The van der Waals surface area contributed by atoms with Gasteiger partial charge in [0.05, 0.1) is 24.6 Å². The number of oxime groups is 1. The van der Waals surface area contributed by atoms with Gasteiger partial charge >= 0.3 is 5.97 Å². The highest BCUT2D eigenvalue weighted by Gasteiger charge is 2.22. The van der Waals surface area contributed by atoms with Gasteiger partial charge < -0.3 is 14.9 Å². The van der Waals surface area contributed by atoms with Crippen LogP contribution in [0.5, 0.6) is 0 Å². The van der Waals surface area contributed by atoms with Crippen molar-refractivity contribution >= 4 is 12.2 Å². The molecule has 0 atom stereocenters. The Kier molecular flexibility index (Phi) is 3.66. The third-order valence-electron chi connectivity index (χ3n) is 2.86. The smallest absolute Gasteiger partial charge is 0.340 e. The molecule has 2 rings (SSSR count). The van der Waals surface area contributed by atoms with Crippen LogP contribution in [0.15, 0.2) is 35.5 Å². The molecule has 0 aliphatic rings. The Morgan fingerprint density at radius 2 is 2.05 bits per heavy atom. The number of aromatic amines is 1. The molecule has 0 aliphatic carbocycles. The fourth-order valence-corrected chi connectivity index (χ4v) is 2.07. The Balaban J connectivity index is 2.71. The second kappa shape index (κ2) is 5.39. The number of aromatic nitrogens is 1. The highest BCUT2D eigenvalue weighted by atomic mass is 16.5. The molecule has 19 heavy (non-hydrogen) atoms. The van der Waals surface area contributed by atoms with E-state index in [0.717, 1.165) is 5.56 Å². The molecular formula is C14H14N2O3. The van der Waals surface area contributed by atoms with Gasteiger partial charge in [-0.1, -0.05) is 35.5 Å². The zero-order valence-corrected chi connectivity index (χ0v) is 10.7.